The fourth-order valence-electron chi connectivity index (χ4n) is 2.61. The van der Waals surface area contributed by atoms with Crippen LogP contribution in [-0.2, 0) is 16.1 Å². The summed E-state index contributed by atoms with van der Waals surface area (Å²) < 4.78 is 2.04. The summed E-state index contributed by atoms with van der Waals surface area (Å²) in [5, 5.41) is 5.84. The van der Waals surface area contributed by atoms with Crippen LogP contribution in [0.3, 0.4) is 0 Å². The van der Waals surface area contributed by atoms with Crippen LogP contribution in [0.2, 0.25) is 5.02 Å². The lowest BCUT2D eigenvalue weighted by atomic mass is 10.2. The van der Waals surface area contributed by atoms with Crippen LogP contribution >= 0.6 is 23.4 Å². The Morgan fingerprint density at radius 3 is 3.08 bits per heavy atom. The highest BCUT2D eigenvalue weighted by Gasteiger charge is 2.28. The molecule has 2 heterocycles. The van der Waals surface area contributed by atoms with Gasteiger partial charge in [0.2, 0.25) is 11.8 Å². The van der Waals surface area contributed by atoms with Crippen LogP contribution in [0, 0.1) is 6.92 Å². The van der Waals surface area contributed by atoms with E-state index in [1.54, 1.807) is 18.3 Å². The van der Waals surface area contributed by atoms with E-state index in [0.29, 0.717) is 17.3 Å². The van der Waals surface area contributed by atoms with E-state index in [1.165, 1.54) is 11.8 Å². The van der Waals surface area contributed by atoms with Gasteiger partial charge >= 0.3 is 0 Å². The number of fused-ring (bicyclic) bond motifs is 1. The van der Waals surface area contributed by atoms with Gasteiger partial charge in [0.25, 0.3) is 0 Å². The summed E-state index contributed by atoms with van der Waals surface area (Å²) in [5.74, 6) is 0.678. The maximum absolute atomic E-state index is 12.2. The van der Waals surface area contributed by atoms with E-state index >= 15 is 0 Å². The number of anilines is 1. The predicted octanol–water partition coefficient (Wildman–Crippen LogP) is 2.85. The van der Waals surface area contributed by atoms with E-state index < -0.39 is 5.25 Å². The zero-order valence-corrected chi connectivity index (χ0v) is 15.4. The summed E-state index contributed by atoms with van der Waals surface area (Å²) in [6, 6.07) is 5.36. The van der Waals surface area contributed by atoms with Crippen LogP contribution in [0.25, 0.3) is 0 Å². The molecule has 0 aliphatic carbocycles. The second kappa shape index (κ2) is 7.93. The first-order chi connectivity index (χ1) is 12.0. The number of thioether (sulfide) groups is 1. The molecule has 1 aliphatic heterocycles. The first-order valence-electron chi connectivity index (χ1n) is 8.04. The van der Waals surface area contributed by atoms with E-state index in [-0.39, 0.29) is 18.2 Å². The van der Waals surface area contributed by atoms with Crippen molar-refractivity contribution >= 4 is 40.9 Å². The van der Waals surface area contributed by atoms with Crippen LogP contribution in [0.5, 0.6) is 0 Å². The van der Waals surface area contributed by atoms with Crippen molar-refractivity contribution in [1.29, 1.82) is 0 Å². The maximum Gasteiger partial charge on any atom is 0.238 e. The molecule has 2 amide bonds. The number of benzene rings is 1. The van der Waals surface area contributed by atoms with Crippen LogP contribution in [0.15, 0.2) is 35.5 Å². The first kappa shape index (κ1) is 17.8. The van der Waals surface area contributed by atoms with Gasteiger partial charge in [-0.25, -0.2) is 4.98 Å². The smallest absolute Gasteiger partial charge is 0.238 e. The minimum atomic E-state index is -0.426. The van der Waals surface area contributed by atoms with E-state index in [1.807, 2.05) is 23.8 Å². The molecule has 0 spiro atoms. The van der Waals surface area contributed by atoms with Gasteiger partial charge in [0.05, 0.1) is 10.9 Å². The molecule has 6 nitrogen and oxygen atoms in total. The van der Waals surface area contributed by atoms with E-state index in [9.17, 15) is 9.59 Å². The number of aryl methyl sites for hydroxylation is 2. The van der Waals surface area contributed by atoms with Crippen molar-refractivity contribution in [3.8, 4) is 0 Å². The molecule has 8 heteroatoms. The zero-order valence-electron chi connectivity index (χ0n) is 13.8. The standard InChI is InChI=1S/C17H19ClN4O2S/c1-11-19-6-8-22(11)7-2-5-20-16(23)10-15-17(24)21-13-9-12(18)3-4-14(13)25-15/h3-4,6,8-9,15H,2,5,7,10H2,1H3,(H,20,23)(H,21,24). The number of aromatic nitrogens is 2. The fourth-order valence-corrected chi connectivity index (χ4v) is 3.88. The van der Waals surface area contributed by atoms with Gasteiger partial charge in [0.15, 0.2) is 0 Å². The number of carbonyl (C=O) groups excluding carboxylic acids is 2. The number of nitrogens with zero attached hydrogens (tertiary/aromatic N) is 2. The highest BCUT2D eigenvalue weighted by atomic mass is 35.5. The number of imidazole rings is 1. The van der Waals surface area contributed by atoms with Crippen LogP contribution in [0.1, 0.15) is 18.7 Å². The minimum Gasteiger partial charge on any atom is -0.356 e. The molecular formula is C17H19ClN4O2S. The van der Waals surface area contributed by atoms with Gasteiger partial charge in [-0.05, 0) is 31.5 Å². The number of carbonyl (C=O) groups is 2. The highest BCUT2D eigenvalue weighted by Crippen LogP contribution is 2.38. The number of amides is 2. The molecule has 0 bridgehead atoms. The quantitative estimate of drug-likeness (QED) is 0.758. The van der Waals surface area contributed by atoms with Crippen LogP contribution < -0.4 is 10.6 Å². The monoisotopic (exact) mass is 378 g/mol. The van der Waals surface area contributed by atoms with Crippen molar-refractivity contribution in [2.24, 2.45) is 0 Å². The second-order valence-corrected chi connectivity index (χ2v) is 7.49. The van der Waals surface area contributed by atoms with Crippen molar-refractivity contribution < 1.29 is 9.59 Å². The summed E-state index contributed by atoms with van der Waals surface area (Å²) in [6.45, 7) is 3.32. The Bertz CT molecular complexity index is 793. The molecule has 0 radical (unpaired) electrons. The van der Waals surface area contributed by atoms with Crippen molar-refractivity contribution in [1.82, 2.24) is 14.9 Å². The molecule has 1 atom stereocenters. The van der Waals surface area contributed by atoms with Gasteiger partial charge in [0, 0.05) is 41.8 Å². The Hall–Kier alpha value is -1.99. The zero-order chi connectivity index (χ0) is 17.8. The Morgan fingerprint density at radius 2 is 2.32 bits per heavy atom. The Morgan fingerprint density at radius 1 is 1.48 bits per heavy atom. The molecule has 2 N–H and O–H groups in total. The molecule has 1 aromatic carbocycles. The van der Waals surface area contributed by atoms with Gasteiger partial charge in [0.1, 0.15) is 5.82 Å². The molecule has 132 valence electrons. The number of nitrogens with one attached hydrogen (secondary N) is 2. The Kier molecular flexibility index (Phi) is 5.65. The minimum absolute atomic E-state index is 0.118. The molecule has 1 aliphatic rings. The van der Waals surface area contributed by atoms with E-state index in [4.69, 9.17) is 11.6 Å². The molecule has 3 rings (SSSR count). The van der Waals surface area contributed by atoms with Gasteiger partial charge in [-0.1, -0.05) is 11.6 Å². The molecule has 25 heavy (non-hydrogen) atoms. The second-order valence-electron chi connectivity index (χ2n) is 5.81. The van der Waals surface area contributed by atoms with Gasteiger partial charge in [-0.2, -0.15) is 0 Å². The summed E-state index contributed by atoms with van der Waals surface area (Å²) in [6.07, 6.45) is 4.65. The van der Waals surface area contributed by atoms with Crippen LogP contribution in [0.4, 0.5) is 5.69 Å². The fraction of sp³-hybridized carbons (Fsp3) is 0.353. The van der Waals surface area contributed by atoms with Gasteiger partial charge in [-0.15, -0.1) is 11.8 Å². The maximum atomic E-state index is 12.2. The summed E-state index contributed by atoms with van der Waals surface area (Å²) in [7, 11) is 0. The lowest BCUT2D eigenvalue weighted by molar-refractivity contribution is -0.124. The summed E-state index contributed by atoms with van der Waals surface area (Å²) >= 11 is 7.33. The summed E-state index contributed by atoms with van der Waals surface area (Å²) in [5.41, 5.74) is 0.704. The van der Waals surface area contributed by atoms with Gasteiger partial charge < -0.3 is 15.2 Å². The van der Waals surface area contributed by atoms with Crippen LogP contribution in [-0.4, -0.2) is 33.2 Å². The third-order valence-corrected chi connectivity index (χ3v) is 5.46. The van der Waals surface area contributed by atoms with E-state index in [2.05, 4.69) is 15.6 Å². The number of hydrogen-bond acceptors (Lipinski definition) is 4. The average Bonchev–Trinajstić information content (AvgIpc) is 2.98. The number of halogens is 1. The Balaban J connectivity index is 1.45. The molecule has 0 saturated heterocycles. The Labute approximate surface area is 155 Å². The van der Waals surface area contributed by atoms with Gasteiger partial charge in [-0.3, -0.25) is 9.59 Å². The average molecular weight is 379 g/mol. The lowest BCUT2D eigenvalue weighted by Gasteiger charge is -2.23. The predicted molar refractivity (Wildman–Crippen MR) is 98.9 cm³/mol. The highest BCUT2D eigenvalue weighted by molar-refractivity contribution is 8.01. The molecule has 1 aromatic heterocycles. The van der Waals surface area contributed by atoms with Crippen molar-refractivity contribution in [2.45, 2.75) is 36.5 Å². The molecular weight excluding hydrogens is 360 g/mol. The molecule has 1 unspecified atom stereocenters. The molecule has 2 aromatic rings. The SMILES string of the molecule is Cc1nccn1CCCNC(=O)CC1Sc2ccc(Cl)cc2NC1=O. The van der Waals surface area contributed by atoms with Crippen molar-refractivity contribution in [3.63, 3.8) is 0 Å². The topological polar surface area (TPSA) is 76.0 Å². The third kappa shape index (κ3) is 4.55. The molecule has 0 fully saturated rings. The first-order valence-corrected chi connectivity index (χ1v) is 9.30. The normalized spacial score (nSPS) is 16.2. The van der Waals surface area contributed by atoms with Crippen molar-refractivity contribution in [3.05, 3.63) is 41.4 Å². The summed E-state index contributed by atoms with van der Waals surface area (Å²) in [4.78, 5) is 29.4. The molecule has 0 saturated carbocycles. The lowest BCUT2D eigenvalue weighted by Crippen LogP contribution is -2.35. The number of rotatable bonds is 6. The van der Waals surface area contributed by atoms with E-state index in [0.717, 1.165) is 23.7 Å². The number of hydrogen-bond donors (Lipinski definition) is 2. The van der Waals surface area contributed by atoms with Crippen molar-refractivity contribution in [2.75, 3.05) is 11.9 Å². The third-order valence-electron chi connectivity index (χ3n) is 3.95. The largest absolute Gasteiger partial charge is 0.356 e.